The van der Waals surface area contributed by atoms with Gasteiger partial charge < -0.3 is 19.5 Å². The van der Waals surface area contributed by atoms with Crippen LogP contribution in [-0.4, -0.2) is 34.2 Å². The van der Waals surface area contributed by atoms with Gasteiger partial charge in [-0.3, -0.25) is 9.59 Å². The predicted molar refractivity (Wildman–Crippen MR) is 95.6 cm³/mol. The zero-order valence-corrected chi connectivity index (χ0v) is 14.2. The maximum Gasteiger partial charge on any atom is 0.290 e. The number of rotatable bonds is 3. The van der Waals surface area contributed by atoms with Gasteiger partial charge in [-0.15, -0.1) is 0 Å². The number of fused-ring (bicyclic) bond motifs is 2. The molecule has 1 aliphatic rings. The lowest BCUT2D eigenvalue weighted by Gasteiger charge is -2.24. The molecule has 1 amide bonds. The number of aromatic hydroxyl groups is 1. The van der Waals surface area contributed by atoms with E-state index in [2.05, 4.69) is 0 Å². The zero-order valence-electron chi connectivity index (χ0n) is 13.5. The normalized spacial score (nSPS) is 16.3. The minimum absolute atomic E-state index is 0.0144. The Labute approximate surface area is 152 Å². The van der Waals surface area contributed by atoms with E-state index in [-0.39, 0.29) is 46.6 Å². The van der Waals surface area contributed by atoms with Crippen LogP contribution in [0.15, 0.2) is 51.7 Å². The van der Waals surface area contributed by atoms with Gasteiger partial charge in [0, 0.05) is 11.6 Å². The Hall–Kier alpha value is -2.83. The van der Waals surface area contributed by atoms with Gasteiger partial charge in [0.05, 0.1) is 23.6 Å². The number of aliphatic hydroxyl groups excluding tert-OH is 1. The molecule has 2 aromatic carbocycles. The van der Waals surface area contributed by atoms with Gasteiger partial charge in [0.15, 0.2) is 5.43 Å². The Bertz CT molecular complexity index is 1090. The summed E-state index contributed by atoms with van der Waals surface area (Å²) in [5.41, 5.74) is 0.654. The molecular weight excluding hydrogens is 358 g/mol. The fraction of sp³-hybridized carbons (Fsp3) is 0.158. The van der Waals surface area contributed by atoms with Gasteiger partial charge in [0.2, 0.25) is 5.76 Å². The van der Waals surface area contributed by atoms with E-state index in [1.54, 1.807) is 24.3 Å². The number of carbonyl (C=O) groups is 1. The van der Waals surface area contributed by atoms with Gasteiger partial charge in [-0.05, 0) is 35.9 Å². The molecule has 0 spiro atoms. The third-order valence-corrected chi connectivity index (χ3v) is 4.69. The molecule has 0 saturated heterocycles. The molecule has 132 valence electrons. The number of amides is 1. The summed E-state index contributed by atoms with van der Waals surface area (Å²) in [5, 5.41) is 19.8. The lowest BCUT2D eigenvalue weighted by molar-refractivity contribution is 0.0691. The summed E-state index contributed by atoms with van der Waals surface area (Å²) < 4.78 is 5.72. The third-order valence-electron chi connectivity index (χ3n) is 4.45. The van der Waals surface area contributed by atoms with Crippen LogP contribution < -0.4 is 5.43 Å². The molecule has 1 atom stereocenters. The highest BCUT2D eigenvalue weighted by Gasteiger charge is 2.42. The largest absolute Gasteiger partial charge is 0.508 e. The first-order chi connectivity index (χ1) is 12.5. The number of hydrogen-bond acceptors (Lipinski definition) is 5. The van der Waals surface area contributed by atoms with Gasteiger partial charge in [0.1, 0.15) is 11.3 Å². The second kappa shape index (κ2) is 6.16. The fourth-order valence-electron chi connectivity index (χ4n) is 3.37. The third kappa shape index (κ3) is 2.46. The van der Waals surface area contributed by atoms with Crippen molar-refractivity contribution in [2.75, 3.05) is 13.2 Å². The van der Waals surface area contributed by atoms with Crippen LogP contribution in [-0.2, 0) is 0 Å². The first-order valence-electron chi connectivity index (χ1n) is 7.98. The minimum Gasteiger partial charge on any atom is -0.508 e. The monoisotopic (exact) mass is 371 g/mol. The average molecular weight is 372 g/mol. The van der Waals surface area contributed by atoms with Gasteiger partial charge in [0.25, 0.3) is 5.91 Å². The number of phenolic OH excluding ortho intramolecular Hbond substituents is 1. The molecule has 0 aliphatic carbocycles. The quantitative estimate of drug-likeness (QED) is 0.738. The van der Waals surface area contributed by atoms with Crippen LogP contribution in [0.5, 0.6) is 5.75 Å². The van der Waals surface area contributed by atoms with Crippen LogP contribution in [0.4, 0.5) is 0 Å². The first-order valence-corrected chi connectivity index (χ1v) is 8.36. The van der Waals surface area contributed by atoms with Crippen molar-refractivity contribution < 1.29 is 19.4 Å². The van der Waals surface area contributed by atoms with E-state index in [1.807, 2.05) is 0 Å². The lowest BCUT2D eigenvalue weighted by atomic mass is 9.98. The van der Waals surface area contributed by atoms with E-state index in [4.69, 9.17) is 16.0 Å². The molecule has 7 heteroatoms. The molecule has 3 aromatic rings. The Balaban J connectivity index is 2.03. The highest BCUT2D eigenvalue weighted by atomic mass is 35.5. The van der Waals surface area contributed by atoms with Crippen LogP contribution in [0.2, 0.25) is 5.02 Å². The second-order valence-corrected chi connectivity index (χ2v) is 6.47. The zero-order chi connectivity index (χ0) is 18.4. The highest BCUT2D eigenvalue weighted by Crippen LogP contribution is 2.38. The number of phenols is 1. The van der Waals surface area contributed by atoms with Crippen molar-refractivity contribution in [1.29, 1.82) is 0 Å². The summed E-state index contributed by atoms with van der Waals surface area (Å²) in [4.78, 5) is 27.3. The van der Waals surface area contributed by atoms with Crippen molar-refractivity contribution in [3.8, 4) is 5.75 Å². The second-order valence-electron chi connectivity index (χ2n) is 6.03. The van der Waals surface area contributed by atoms with E-state index in [0.717, 1.165) is 0 Å². The maximum atomic E-state index is 13.1. The molecular formula is C19H14ClNO5. The Morgan fingerprint density at radius 3 is 2.69 bits per heavy atom. The molecule has 26 heavy (non-hydrogen) atoms. The van der Waals surface area contributed by atoms with Crippen LogP contribution in [0, 0.1) is 0 Å². The summed E-state index contributed by atoms with van der Waals surface area (Å²) >= 11 is 6.00. The molecule has 2 heterocycles. The number of halogens is 1. The lowest BCUT2D eigenvalue weighted by Crippen LogP contribution is -2.32. The summed E-state index contributed by atoms with van der Waals surface area (Å²) in [6, 6.07) is 10.2. The van der Waals surface area contributed by atoms with E-state index in [0.29, 0.717) is 10.6 Å². The van der Waals surface area contributed by atoms with Crippen molar-refractivity contribution in [2.45, 2.75) is 6.04 Å². The van der Waals surface area contributed by atoms with E-state index in [9.17, 15) is 19.8 Å². The molecule has 0 bridgehead atoms. The van der Waals surface area contributed by atoms with Crippen molar-refractivity contribution in [3.05, 3.63) is 74.6 Å². The summed E-state index contributed by atoms with van der Waals surface area (Å²) in [6.45, 7) is -0.242. The minimum atomic E-state index is -0.753. The van der Waals surface area contributed by atoms with Crippen LogP contribution in [0.3, 0.4) is 0 Å². The van der Waals surface area contributed by atoms with Crippen molar-refractivity contribution in [3.63, 3.8) is 0 Å². The molecule has 4 rings (SSSR count). The van der Waals surface area contributed by atoms with Crippen LogP contribution in [0.25, 0.3) is 11.0 Å². The number of aliphatic hydroxyl groups is 1. The predicted octanol–water partition coefficient (Wildman–Crippen LogP) is 2.69. The topological polar surface area (TPSA) is 91.0 Å². The van der Waals surface area contributed by atoms with Crippen molar-refractivity contribution in [2.24, 2.45) is 0 Å². The Kier molecular flexibility index (Phi) is 3.94. The summed E-state index contributed by atoms with van der Waals surface area (Å²) in [5.74, 6) is -0.511. The van der Waals surface area contributed by atoms with Gasteiger partial charge in [-0.25, -0.2) is 0 Å². The van der Waals surface area contributed by atoms with Gasteiger partial charge in [-0.2, -0.15) is 0 Å². The molecule has 1 aromatic heterocycles. The smallest absolute Gasteiger partial charge is 0.290 e. The number of benzene rings is 2. The molecule has 6 nitrogen and oxygen atoms in total. The number of nitrogens with zero attached hydrogens (tertiary/aromatic N) is 1. The number of carbonyl (C=O) groups excluding carboxylic acids is 1. The van der Waals surface area contributed by atoms with E-state index >= 15 is 0 Å². The van der Waals surface area contributed by atoms with Crippen molar-refractivity contribution >= 4 is 28.5 Å². The molecule has 0 saturated carbocycles. The molecule has 0 unspecified atom stereocenters. The van der Waals surface area contributed by atoms with Gasteiger partial charge >= 0.3 is 0 Å². The first kappa shape index (κ1) is 16.6. The molecule has 1 aliphatic heterocycles. The number of β-amino-alcohol motifs (C(OH)–C–C–N with tert-alkyl or cyclic N) is 1. The van der Waals surface area contributed by atoms with E-state index in [1.165, 1.54) is 23.1 Å². The van der Waals surface area contributed by atoms with Crippen LogP contribution in [0.1, 0.15) is 27.7 Å². The fourth-order valence-corrected chi connectivity index (χ4v) is 3.54. The average Bonchev–Trinajstić information content (AvgIpc) is 2.89. The standard InChI is InChI=1S/C19H14ClNO5/c20-11-4-5-14-13(9-11)17(24)15-16(10-2-1-3-12(23)8-10)21(6-7-22)19(25)18(15)26-14/h1-5,8-9,16,22-23H,6-7H2/t16-/m0/s1. The molecule has 2 N–H and O–H groups in total. The van der Waals surface area contributed by atoms with Crippen LogP contribution >= 0.6 is 11.6 Å². The number of hydrogen-bond donors (Lipinski definition) is 2. The molecule has 0 radical (unpaired) electrons. The van der Waals surface area contributed by atoms with E-state index < -0.39 is 11.9 Å². The molecule has 0 fully saturated rings. The highest BCUT2D eigenvalue weighted by molar-refractivity contribution is 6.31. The summed E-state index contributed by atoms with van der Waals surface area (Å²) in [7, 11) is 0. The SMILES string of the molecule is O=C1c2oc3ccc(Cl)cc3c(=O)c2[C@H](c2cccc(O)c2)N1CCO. The maximum absolute atomic E-state index is 13.1. The summed E-state index contributed by atoms with van der Waals surface area (Å²) in [6.07, 6.45) is 0. The Morgan fingerprint density at radius 2 is 1.96 bits per heavy atom. The Morgan fingerprint density at radius 1 is 1.15 bits per heavy atom. The van der Waals surface area contributed by atoms with Gasteiger partial charge in [-0.1, -0.05) is 23.7 Å². The van der Waals surface area contributed by atoms with Crippen molar-refractivity contribution in [1.82, 2.24) is 4.90 Å².